The molecule has 0 aliphatic carbocycles. The lowest BCUT2D eigenvalue weighted by Gasteiger charge is -2.11. The van der Waals surface area contributed by atoms with Crippen molar-refractivity contribution in [2.24, 2.45) is 0 Å². The van der Waals surface area contributed by atoms with Gasteiger partial charge in [0.05, 0.1) is 13.4 Å². The quantitative estimate of drug-likeness (QED) is 0.678. The Morgan fingerprint density at radius 1 is 1.38 bits per heavy atom. The van der Waals surface area contributed by atoms with Crippen LogP contribution in [0, 0.1) is 0 Å². The predicted molar refractivity (Wildman–Crippen MR) is 88.4 cm³/mol. The van der Waals surface area contributed by atoms with Crippen LogP contribution in [-0.4, -0.2) is 44.6 Å². The van der Waals surface area contributed by atoms with Crippen molar-refractivity contribution < 1.29 is 17.9 Å². The highest BCUT2D eigenvalue weighted by Crippen LogP contribution is 2.24. The first-order valence-electron chi connectivity index (χ1n) is 7.33. The molecule has 0 aliphatic heterocycles. The summed E-state index contributed by atoms with van der Waals surface area (Å²) < 4.78 is 33.2. The van der Waals surface area contributed by atoms with E-state index in [1.165, 1.54) is 32.4 Å². The molecule has 1 aromatic heterocycles. The van der Waals surface area contributed by atoms with Crippen LogP contribution >= 0.6 is 0 Å². The molecule has 24 heavy (non-hydrogen) atoms. The van der Waals surface area contributed by atoms with Crippen LogP contribution < -0.4 is 14.8 Å². The van der Waals surface area contributed by atoms with E-state index >= 15 is 0 Å². The summed E-state index contributed by atoms with van der Waals surface area (Å²) in [4.78, 5) is 16.1. The maximum atomic E-state index is 12.2. The molecule has 0 atom stereocenters. The van der Waals surface area contributed by atoms with Crippen LogP contribution in [0.5, 0.6) is 5.75 Å². The second-order valence-corrected chi connectivity index (χ2v) is 6.84. The molecule has 1 aromatic carbocycles. The van der Waals surface area contributed by atoms with Crippen LogP contribution in [-0.2, 0) is 16.6 Å². The normalized spacial score (nSPS) is 11.2. The van der Waals surface area contributed by atoms with Gasteiger partial charge < -0.3 is 14.6 Å². The highest BCUT2D eigenvalue weighted by atomic mass is 32.2. The fourth-order valence-electron chi connectivity index (χ4n) is 2.12. The summed E-state index contributed by atoms with van der Waals surface area (Å²) in [6.45, 7) is 1.21. The van der Waals surface area contributed by atoms with Crippen LogP contribution in [0.25, 0.3) is 0 Å². The number of carbonyl (C=O) groups excluding carboxylic acids is 1. The number of ether oxygens (including phenoxy) is 1. The predicted octanol–water partition coefficient (Wildman–Crippen LogP) is 0.620. The van der Waals surface area contributed by atoms with Crippen LogP contribution in [0.1, 0.15) is 16.8 Å². The van der Waals surface area contributed by atoms with Crippen molar-refractivity contribution in [1.82, 2.24) is 19.6 Å². The first kappa shape index (κ1) is 18.0. The van der Waals surface area contributed by atoms with E-state index in [9.17, 15) is 13.2 Å². The number of nitrogens with one attached hydrogen (secondary N) is 2. The number of amides is 1. The van der Waals surface area contributed by atoms with Gasteiger partial charge in [0, 0.05) is 31.0 Å². The molecule has 0 spiro atoms. The Morgan fingerprint density at radius 2 is 2.17 bits per heavy atom. The monoisotopic (exact) mass is 352 g/mol. The highest BCUT2D eigenvalue weighted by molar-refractivity contribution is 7.89. The Balaban J connectivity index is 2.02. The minimum absolute atomic E-state index is 0.0708. The van der Waals surface area contributed by atoms with E-state index in [2.05, 4.69) is 15.0 Å². The van der Waals surface area contributed by atoms with E-state index in [4.69, 9.17) is 4.74 Å². The van der Waals surface area contributed by atoms with Crippen LogP contribution in [0.3, 0.4) is 0 Å². The number of methoxy groups -OCH3 is 1. The molecular weight excluding hydrogens is 332 g/mol. The van der Waals surface area contributed by atoms with Gasteiger partial charge in [-0.2, -0.15) is 0 Å². The molecule has 0 saturated heterocycles. The van der Waals surface area contributed by atoms with Crippen molar-refractivity contribution in [3.63, 3.8) is 0 Å². The molecule has 0 radical (unpaired) electrons. The van der Waals surface area contributed by atoms with Gasteiger partial charge in [0.1, 0.15) is 10.6 Å². The van der Waals surface area contributed by atoms with Crippen LogP contribution in [0.15, 0.2) is 41.8 Å². The van der Waals surface area contributed by atoms with E-state index in [1.807, 2.05) is 10.8 Å². The lowest BCUT2D eigenvalue weighted by molar-refractivity contribution is 0.0952. The maximum absolute atomic E-state index is 12.2. The standard InChI is InChI=1S/C15H20N4O4S/c1-16-24(21,22)14-10-12(4-5-13(14)23-2)15(20)18-6-3-8-19-9-7-17-11-19/h4-5,7,9-11,16H,3,6,8H2,1-2H3,(H,18,20). The molecule has 0 unspecified atom stereocenters. The van der Waals surface area contributed by atoms with Crippen molar-refractivity contribution in [3.05, 3.63) is 42.5 Å². The second-order valence-electron chi connectivity index (χ2n) is 4.98. The topological polar surface area (TPSA) is 102 Å². The molecule has 1 heterocycles. The molecule has 0 fully saturated rings. The van der Waals surface area contributed by atoms with Crippen LogP contribution in [0.2, 0.25) is 0 Å². The number of hydrogen-bond acceptors (Lipinski definition) is 5. The number of sulfonamides is 1. The Kier molecular flexibility index (Phi) is 5.93. The second kappa shape index (κ2) is 7.93. The smallest absolute Gasteiger partial charge is 0.251 e. The van der Waals surface area contributed by atoms with E-state index in [0.717, 1.165) is 13.0 Å². The first-order chi connectivity index (χ1) is 11.5. The van der Waals surface area contributed by atoms with Gasteiger partial charge in [0.25, 0.3) is 5.91 Å². The zero-order valence-electron chi connectivity index (χ0n) is 13.5. The summed E-state index contributed by atoms with van der Waals surface area (Å²) in [5, 5.41) is 2.77. The minimum atomic E-state index is -3.72. The Bertz CT molecular complexity index is 788. The van der Waals surface area contributed by atoms with Gasteiger partial charge in [-0.15, -0.1) is 0 Å². The van der Waals surface area contributed by atoms with E-state index in [-0.39, 0.29) is 22.1 Å². The number of imidazole rings is 1. The van der Waals surface area contributed by atoms with Gasteiger partial charge in [-0.05, 0) is 31.7 Å². The third-order valence-electron chi connectivity index (χ3n) is 3.42. The van der Waals surface area contributed by atoms with Gasteiger partial charge in [0.2, 0.25) is 10.0 Å². The van der Waals surface area contributed by atoms with E-state index in [0.29, 0.717) is 6.54 Å². The zero-order chi connectivity index (χ0) is 17.6. The van der Waals surface area contributed by atoms with Crippen molar-refractivity contribution >= 4 is 15.9 Å². The molecule has 8 nitrogen and oxygen atoms in total. The van der Waals surface area contributed by atoms with Gasteiger partial charge in [-0.25, -0.2) is 18.1 Å². The third kappa shape index (κ3) is 4.33. The molecule has 0 bridgehead atoms. The number of carbonyl (C=O) groups is 1. The first-order valence-corrected chi connectivity index (χ1v) is 8.82. The summed E-state index contributed by atoms with van der Waals surface area (Å²) >= 11 is 0. The Hall–Kier alpha value is -2.39. The number of aromatic nitrogens is 2. The zero-order valence-corrected chi connectivity index (χ0v) is 14.3. The molecule has 2 rings (SSSR count). The third-order valence-corrected chi connectivity index (χ3v) is 4.86. The van der Waals surface area contributed by atoms with Crippen molar-refractivity contribution in [3.8, 4) is 5.75 Å². The molecule has 2 N–H and O–H groups in total. The summed E-state index contributed by atoms with van der Waals surface area (Å²) in [5.74, 6) is -0.156. The molecule has 0 aliphatic rings. The number of aryl methyl sites for hydroxylation is 1. The SMILES string of the molecule is CNS(=O)(=O)c1cc(C(=O)NCCCn2ccnc2)ccc1OC. The van der Waals surface area contributed by atoms with Crippen molar-refractivity contribution in [2.45, 2.75) is 17.9 Å². The molecule has 2 aromatic rings. The van der Waals surface area contributed by atoms with E-state index in [1.54, 1.807) is 12.5 Å². The fraction of sp³-hybridized carbons (Fsp3) is 0.333. The largest absolute Gasteiger partial charge is 0.495 e. The summed E-state index contributed by atoms with van der Waals surface area (Å²) in [6, 6.07) is 4.29. The average Bonchev–Trinajstić information content (AvgIpc) is 3.11. The molecule has 0 saturated carbocycles. The number of rotatable bonds is 8. The Morgan fingerprint density at radius 3 is 2.79 bits per heavy atom. The average molecular weight is 352 g/mol. The molecular formula is C15H20N4O4S. The summed E-state index contributed by atoms with van der Waals surface area (Å²) in [5.41, 5.74) is 0.257. The van der Waals surface area contributed by atoms with Crippen molar-refractivity contribution in [2.75, 3.05) is 20.7 Å². The molecule has 9 heteroatoms. The number of nitrogens with zero attached hydrogens (tertiary/aromatic N) is 2. The number of benzene rings is 1. The van der Waals surface area contributed by atoms with Gasteiger partial charge in [0.15, 0.2) is 0 Å². The molecule has 1 amide bonds. The summed E-state index contributed by atoms with van der Waals surface area (Å²) in [6.07, 6.45) is 5.99. The van der Waals surface area contributed by atoms with E-state index < -0.39 is 10.0 Å². The Labute approximate surface area is 140 Å². The van der Waals surface area contributed by atoms with Gasteiger partial charge >= 0.3 is 0 Å². The van der Waals surface area contributed by atoms with Crippen molar-refractivity contribution in [1.29, 1.82) is 0 Å². The maximum Gasteiger partial charge on any atom is 0.251 e. The molecule has 130 valence electrons. The highest BCUT2D eigenvalue weighted by Gasteiger charge is 2.20. The number of hydrogen-bond donors (Lipinski definition) is 2. The van der Waals surface area contributed by atoms with Gasteiger partial charge in [-0.3, -0.25) is 4.79 Å². The van der Waals surface area contributed by atoms with Gasteiger partial charge in [-0.1, -0.05) is 0 Å². The lowest BCUT2D eigenvalue weighted by atomic mass is 10.2. The minimum Gasteiger partial charge on any atom is -0.495 e. The lowest BCUT2D eigenvalue weighted by Crippen LogP contribution is -2.26. The summed E-state index contributed by atoms with van der Waals surface area (Å²) in [7, 11) is -1.04. The van der Waals surface area contributed by atoms with Crippen LogP contribution in [0.4, 0.5) is 0 Å². The fourth-order valence-corrected chi connectivity index (χ4v) is 3.04.